The Morgan fingerprint density at radius 2 is 2.21 bits per heavy atom. The number of hydrogen-bond donors (Lipinski definition) is 3. The smallest absolute Gasteiger partial charge is 0.268 e. The van der Waals surface area contributed by atoms with Crippen molar-refractivity contribution in [2.45, 2.75) is 30.7 Å². The molecule has 0 aliphatic carbocycles. The molecule has 0 aromatic carbocycles. The first-order chi connectivity index (χ1) is 8.79. The quantitative estimate of drug-likeness (QED) is 0.658. The second-order valence-corrected chi connectivity index (χ2v) is 5.87. The van der Waals surface area contributed by atoms with Crippen LogP contribution in [0, 0.1) is 0 Å². The summed E-state index contributed by atoms with van der Waals surface area (Å²) in [5.74, 6) is -0.391. The standard InChI is InChI=1S/C11H19N3O4S/c1-3-8(4-5-15)13-11(16)10-6-9(7-14(10)2)19(12,17)18/h6-8,15H,3-5H2,1-2H3,(H,13,16)(H2,12,17,18). The van der Waals surface area contributed by atoms with Crippen LogP contribution < -0.4 is 10.5 Å². The summed E-state index contributed by atoms with van der Waals surface area (Å²) in [6, 6.07) is 1.08. The molecule has 0 saturated heterocycles. The van der Waals surface area contributed by atoms with Crippen LogP contribution in [0.4, 0.5) is 0 Å². The Labute approximate surface area is 112 Å². The summed E-state index contributed by atoms with van der Waals surface area (Å²) >= 11 is 0. The Morgan fingerprint density at radius 3 is 2.63 bits per heavy atom. The first kappa shape index (κ1) is 15.7. The van der Waals surface area contributed by atoms with Gasteiger partial charge in [0.1, 0.15) is 10.6 Å². The molecule has 1 atom stereocenters. The van der Waals surface area contributed by atoms with Crippen molar-refractivity contribution in [2.75, 3.05) is 6.61 Å². The summed E-state index contributed by atoms with van der Waals surface area (Å²) in [7, 11) is -2.26. The maximum absolute atomic E-state index is 12.0. The summed E-state index contributed by atoms with van der Waals surface area (Å²) < 4.78 is 23.8. The molecule has 19 heavy (non-hydrogen) atoms. The minimum atomic E-state index is -3.82. The van der Waals surface area contributed by atoms with Gasteiger partial charge in [-0.05, 0) is 18.9 Å². The molecule has 0 radical (unpaired) electrons. The molecular formula is C11H19N3O4S. The van der Waals surface area contributed by atoms with E-state index in [1.807, 2.05) is 6.92 Å². The van der Waals surface area contributed by atoms with E-state index in [0.717, 1.165) is 0 Å². The summed E-state index contributed by atoms with van der Waals surface area (Å²) in [5.41, 5.74) is 0.209. The van der Waals surface area contributed by atoms with Crippen LogP contribution in [0.1, 0.15) is 30.3 Å². The number of carbonyl (C=O) groups excluding carboxylic acids is 1. The number of nitrogens with one attached hydrogen (secondary N) is 1. The molecule has 0 fully saturated rings. The van der Waals surface area contributed by atoms with Crippen LogP contribution in [0.25, 0.3) is 0 Å². The molecular weight excluding hydrogens is 270 g/mol. The molecule has 1 aromatic rings. The minimum absolute atomic E-state index is 0.0195. The van der Waals surface area contributed by atoms with Gasteiger partial charge in [0.25, 0.3) is 5.91 Å². The van der Waals surface area contributed by atoms with Gasteiger partial charge in [0, 0.05) is 25.9 Å². The second-order valence-electron chi connectivity index (χ2n) is 4.31. The van der Waals surface area contributed by atoms with Crippen molar-refractivity contribution in [3.8, 4) is 0 Å². The van der Waals surface area contributed by atoms with Crippen molar-refractivity contribution in [1.82, 2.24) is 9.88 Å². The fourth-order valence-electron chi connectivity index (χ4n) is 1.71. The lowest BCUT2D eigenvalue weighted by atomic mass is 10.1. The van der Waals surface area contributed by atoms with E-state index in [4.69, 9.17) is 10.2 Å². The van der Waals surface area contributed by atoms with E-state index in [9.17, 15) is 13.2 Å². The molecule has 1 amide bonds. The minimum Gasteiger partial charge on any atom is -0.396 e. The van der Waals surface area contributed by atoms with Crippen LogP contribution in [-0.2, 0) is 17.1 Å². The van der Waals surface area contributed by atoms with Gasteiger partial charge in [-0.1, -0.05) is 6.92 Å². The summed E-state index contributed by atoms with van der Waals surface area (Å²) in [6.45, 7) is 1.87. The van der Waals surface area contributed by atoms with Gasteiger partial charge >= 0.3 is 0 Å². The Kier molecular flexibility index (Phi) is 5.10. The number of nitrogens with zero attached hydrogens (tertiary/aromatic N) is 1. The van der Waals surface area contributed by atoms with Crippen LogP contribution in [-0.4, -0.2) is 36.6 Å². The highest BCUT2D eigenvalue weighted by Crippen LogP contribution is 2.12. The third-order valence-corrected chi connectivity index (χ3v) is 3.73. The lowest BCUT2D eigenvalue weighted by Gasteiger charge is -2.15. The number of sulfonamides is 1. The van der Waals surface area contributed by atoms with E-state index in [2.05, 4.69) is 5.32 Å². The summed E-state index contributed by atoms with van der Waals surface area (Å²) in [4.78, 5) is 11.9. The lowest BCUT2D eigenvalue weighted by molar-refractivity contribution is 0.0921. The number of nitrogens with two attached hydrogens (primary N) is 1. The monoisotopic (exact) mass is 289 g/mol. The fourth-order valence-corrected chi connectivity index (χ4v) is 2.29. The number of primary sulfonamides is 1. The molecule has 0 aliphatic heterocycles. The second kappa shape index (κ2) is 6.18. The number of aromatic nitrogens is 1. The van der Waals surface area contributed by atoms with Crippen LogP contribution in [0.15, 0.2) is 17.2 Å². The van der Waals surface area contributed by atoms with Gasteiger partial charge in [0.15, 0.2) is 0 Å². The van der Waals surface area contributed by atoms with E-state index >= 15 is 0 Å². The highest BCUT2D eigenvalue weighted by molar-refractivity contribution is 7.89. The van der Waals surface area contributed by atoms with E-state index < -0.39 is 15.9 Å². The number of aliphatic hydroxyl groups is 1. The van der Waals surface area contributed by atoms with Crippen LogP contribution in [0.5, 0.6) is 0 Å². The van der Waals surface area contributed by atoms with E-state index in [1.54, 1.807) is 7.05 Å². The highest BCUT2D eigenvalue weighted by Gasteiger charge is 2.19. The topological polar surface area (TPSA) is 114 Å². The van der Waals surface area contributed by atoms with Crippen LogP contribution in [0.2, 0.25) is 0 Å². The maximum atomic E-state index is 12.0. The average molecular weight is 289 g/mol. The van der Waals surface area contributed by atoms with Crippen molar-refractivity contribution >= 4 is 15.9 Å². The van der Waals surface area contributed by atoms with Crippen molar-refractivity contribution in [3.05, 3.63) is 18.0 Å². The largest absolute Gasteiger partial charge is 0.396 e. The van der Waals surface area contributed by atoms with E-state index in [1.165, 1.54) is 16.8 Å². The predicted octanol–water partition coefficient (Wildman–Crippen LogP) is -0.437. The third-order valence-electron chi connectivity index (χ3n) is 2.85. The van der Waals surface area contributed by atoms with E-state index in [-0.39, 0.29) is 23.2 Å². The number of aryl methyl sites for hydroxylation is 1. The zero-order chi connectivity index (χ0) is 14.6. The molecule has 0 aliphatic rings. The molecule has 0 spiro atoms. The molecule has 8 heteroatoms. The van der Waals surface area contributed by atoms with Crippen molar-refractivity contribution in [3.63, 3.8) is 0 Å². The summed E-state index contributed by atoms with van der Waals surface area (Å²) in [6.07, 6.45) is 2.42. The van der Waals surface area contributed by atoms with Crippen LogP contribution >= 0.6 is 0 Å². The Bertz CT molecular complexity index is 550. The Hall–Kier alpha value is -1.38. The molecule has 1 rings (SSSR count). The molecule has 0 saturated carbocycles. The first-order valence-corrected chi connectivity index (χ1v) is 7.45. The van der Waals surface area contributed by atoms with Gasteiger partial charge in [-0.2, -0.15) is 0 Å². The predicted molar refractivity (Wildman–Crippen MR) is 70.0 cm³/mol. The van der Waals surface area contributed by atoms with Gasteiger partial charge in [0.05, 0.1) is 0 Å². The van der Waals surface area contributed by atoms with Crippen molar-refractivity contribution in [1.29, 1.82) is 0 Å². The van der Waals surface area contributed by atoms with Gasteiger partial charge in [-0.25, -0.2) is 13.6 Å². The molecule has 0 bridgehead atoms. The zero-order valence-corrected chi connectivity index (χ0v) is 11.8. The number of rotatable bonds is 6. The molecule has 1 heterocycles. The Morgan fingerprint density at radius 1 is 1.58 bits per heavy atom. The molecule has 7 nitrogen and oxygen atoms in total. The van der Waals surface area contributed by atoms with Crippen molar-refractivity contribution < 1.29 is 18.3 Å². The molecule has 4 N–H and O–H groups in total. The number of hydrogen-bond acceptors (Lipinski definition) is 4. The number of amides is 1. The van der Waals surface area contributed by atoms with Gasteiger partial charge in [-0.3, -0.25) is 4.79 Å². The molecule has 108 valence electrons. The average Bonchev–Trinajstić information content (AvgIpc) is 2.70. The number of aliphatic hydroxyl groups excluding tert-OH is 1. The normalized spacial score (nSPS) is 13.3. The SMILES string of the molecule is CCC(CCO)NC(=O)c1cc(S(N)(=O)=O)cn1C. The van der Waals surface area contributed by atoms with Gasteiger partial charge < -0.3 is 15.0 Å². The molecule has 1 unspecified atom stereocenters. The lowest BCUT2D eigenvalue weighted by Crippen LogP contribution is -2.35. The zero-order valence-electron chi connectivity index (χ0n) is 11.0. The van der Waals surface area contributed by atoms with Crippen molar-refractivity contribution in [2.24, 2.45) is 12.2 Å². The van der Waals surface area contributed by atoms with Gasteiger partial charge in [0.2, 0.25) is 10.0 Å². The first-order valence-electron chi connectivity index (χ1n) is 5.90. The fraction of sp³-hybridized carbons (Fsp3) is 0.545. The van der Waals surface area contributed by atoms with Crippen LogP contribution in [0.3, 0.4) is 0 Å². The highest BCUT2D eigenvalue weighted by atomic mass is 32.2. The Balaban J connectivity index is 2.91. The molecule has 1 aromatic heterocycles. The summed E-state index contributed by atoms with van der Waals surface area (Å²) in [5, 5.41) is 16.6. The number of carbonyl (C=O) groups is 1. The maximum Gasteiger partial charge on any atom is 0.268 e. The van der Waals surface area contributed by atoms with E-state index in [0.29, 0.717) is 12.8 Å². The van der Waals surface area contributed by atoms with Gasteiger partial charge in [-0.15, -0.1) is 0 Å². The third kappa shape index (κ3) is 4.05.